The Morgan fingerprint density at radius 3 is 2.63 bits per heavy atom. The monoisotopic (exact) mass is 668 g/mol. The molecule has 0 spiro atoms. The molecule has 3 aromatic rings. The number of ether oxygens (including phenoxy) is 3. The predicted molar refractivity (Wildman–Crippen MR) is 159 cm³/mol. The molecule has 7 atom stereocenters. The predicted octanol–water partition coefficient (Wildman–Crippen LogP) is -2.10. The van der Waals surface area contributed by atoms with Crippen molar-refractivity contribution in [1.29, 1.82) is 0 Å². The maximum absolute atomic E-state index is 14.2. The fraction of sp³-hybridized carbons (Fsp3) is 0.640. The number of H-pyrrole nitrogens is 1. The molecule has 46 heavy (non-hydrogen) atoms. The number of aromatic amines is 1. The van der Waals surface area contributed by atoms with Crippen LogP contribution in [0.25, 0.3) is 11.2 Å². The Labute approximate surface area is 261 Å². The minimum absolute atomic E-state index is 0.0435. The largest absolute Gasteiger partial charge is 0.406 e. The Balaban J connectivity index is 1.15. The highest BCUT2D eigenvalue weighted by atomic mass is 31.2. The van der Waals surface area contributed by atoms with E-state index in [4.69, 9.17) is 34.7 Å². The van der Waals surface area contributed by atoms with Gasteiger partial charge in [-0.15, -0.1) is 0 Å². The van der Waals surface area contributed by atoms with E-state index < -0.39 is 62.5 Å². The number of nitrogens with one attached hydrogen (secondary N) is 2. The highest BCUT2D eigenvalue weighted by molar-refractivity contribution is 7.51. The van der Waals surface area contributed by atoms with Gasteiger partial charge >= 0.3 is 13.4 Å². The minimum Gasteiger partial charge on any atom is -0.394 e. The number of aliphatic hydroxyl groups excluding tert-OH is 2. The second kappa shape index (κ2) is 13.8. The molecule has 21 heteroatoms. The van der Waals surface area contributed by atoms with Gasteiger partial charge in [0.2, 0.25) is 5.95 Å². The van der Waals surface area contributed by atoms with Crippen molar-refractivity contribution in [2.24, 2.45) is 0 Å². The number of nitrogens with two attached hydrogens (primary N) is 2. The molecule has 8 N–H and O–H groups in total. The summed E-state index contributed by atoms with van der Waals surface area (Å²) in [6.45, 7) is 2.51. The van der Waals surface area contributed by atoms with E-state index in [1.54, 1.807) is 0 Å². The number of fused-ring (bicyclic) bond motifs is 1. The van der Waals surface area contributed by atoms with Crippen molar-refractivity contribution in [3.63, 3.8) is 0 Å². The SMILES string of the molecule is Nc1ccn([C@H]2C[C@@H](OP(=O)(NCCN3CCOCC3)OC[C@H]3O[C@@H](n4cnc5c(=O)[nH]c(N)nc54)C[C@H]3O)[C@@H](CO)O2)c(=O)n1. The van der Waals surface area contributed by atoms with Crippen LogP contribution in [0.1, 0.15) is 25.3 Å². The highest BCUT2D eigenvalue weighted by Crippen LogP contribution is 2.49. The molecule has 252 valence electrons. The molecule has 3 aliphatic heterocycles. The zero-order valence-electron chi connectivity index (χ0n) is 24.7. The maximum Gasteiger partial charge on any atom is 0.406 e. The lowest BCUT2D eigenvalue weighted by molar-refractivity contribution is -0.0521. The molecule has 3 fully saturated rings. The number of anilines is 2. The van der Waals surface area contributed by atoms with E-state index in [9.17, 15) is 24.4 Å². The van der Waals surface area contributed by atoms with Gasteiger partial charge in [-0.1, -0.05) is 0 Å². The molecule has 0 aromatic carbocycles. The maximum atomic E-state index is 14.2. The minimum atomic E-state index is -4.14. The number of nitrogens with zero attached hydrogens (tertiary/aromatic N) is 6. The van der Waals surface area contributed by atoms with Gasteiger partial charge in [0.25, 0.3) is 5.56 Å². The van der Waals surface area contributed by atoms with Gasteiger partial charge < -0.3 is 35.9 Å². The second-order valence-electron chi connectivity index (χ2n) is 11.1. The molecule has 0 saturated carbocycles. The first-order chi connectivity index (χ1) is 22.1. The third-order valence-corrected chi connectivity index (χ3v) is 9.66. The fourth-order valence-corrected chi connectivity index (χ4v) is 7.14. The van der Waals surface area contributed by atoms with E-state index in [-0.39, 0.29) is 48.9 Å². The van der Waals surface area contributed by atoms with Crippen molar-refractivity contribution in [2.45, 2.75) is 49.7 Å². The molecule has 0 radical (unpaired) electrons. The summed E-state index contributed by atoms with van der Waals surface area (Å²) in [4.78, 5) is 41.1. The number of aliphatic hydroxyl groups is 2. The summed E-state index contributed by atoms with van der Waals surface area (Å²) in [6.07, 6.45) is -2.60. The zero-order chi connectivity index (χ0) is 32.4. The first-order valence-electron chi connectivity index (χ1n) is 14.8. The lowest BCUT2D eigenvalue weighted by atomic mass is 10.2. The molecule has 3 saturated heterocycles. The van der Waals surface area contributed by atoms with Crippen LogP contribution in [0.15, 0.2) is 28.2 Å². The molecular formula is C25H37N10O10P. The fourth-order valence-electron chi connectivity index (χ4n) is 5.61. The Kier molecular flexibility index (Phi) is 9.80. The molecule has 20 nitrogen and oxygen atoms in total. The average molecular weight is 669 g/mol. The molecule has 1 unspecified atom stereocenters. The molecular weight excluding hydrogens is 631 g/mol. The van der Waals surface area contributed by atoms with E-state index in [0.29, 0.717) is 32.8 Å². The standard InChI is InChI=1S/C25H37N10O10P/c26-18-1-3-34(25(39)30-18)20-10-15(16(11-36)43-20)45-46(40,29-2-4-33-5-7-41-8-6-33)42-12-17-14(37)9-19(44-17)35-13-28-21-22(35)31-24(27)32-23(21)38/h1,3,13-17,19-20,36-37H,2,4-12H2,(H,29,40)(H2,26,30,39)(H3,27,31,32,38)/t14-,15-,16-,17-,19-,20-,46?/m1/s1. The van der Waals surface area contributed by atoms with E-state index in [1.807, 2.05) is 0 Å². The van der Waals surface area contributed by atoms with E-state index in [2.05, 4.69) is 29.9 Å². The lowest BCUT2D eigenvalue weighted by Crippen LogP contribution is -2.40. The number of nitrogen functional groups attached to an aromatic ring is 2. The number of rotatable bonds is 12. The van der Waals surface area contributed by atoms with Gasteiger partial charge in [-0.2, -0.15) is 9.97 Å². The van der Waals surface area contributed by atoms with Gasteiger partial charge in [0.15, 0.2) is 11.2 Å². The van der Waals surface area contributed by atoms with Crippen LogP contribution in [-0.2, 0) is 27.8 Å². The smallest absolute Gasteiger partial charge is 0.394 e. The van der Waals surface area contributed by atoms with Crippen molar-refractivity contribution in [1.82, 2.24) is 39.1 Å². The molecule has 0 bridgehead atoms. The quantitative estimate of drug-likeness (QED) is 0.113. The Hall–Kier alpha value is -3.30. The van der Waals surface area contributed by atoms with Crippen molar-refractivity contribution in [3.8, 4) is 0 Å². The van der Waals surface area contributed by atoms with Crippen molar-refractivity contribution in [3.05, 3.63) is 39.4 Å². The Morgan fingerprint density at radius 2 is 1.87 bits per heavy atom. The van der Waals surface area contributed by atoms with Crippen LogP contribution in [0, 0.1) is 0 Å². The van der Waals surface area contributed by atoms with Crippen LogP contribution in [0.3, 0.4) is 0 Å². The van der Waals surface area contributed by atoms with E-state index in [0.717, 1.165) is 0 Å². The summed E-state index contributed by atoms with van der Waals surface area (Å²) in [6, 6.07) is 1.43. The Morgan fingerprint density at radius 1 is 1.11 bits per heavy atom. The molecule has 3 aliphatic rings. The van der Waals surface area contributed by atoms with Gasteiger partial charge in [-0.05, 0) is 6.07 Å². The average Bonchev–Trinajstić information content (AvgIpc) is 3.73. The summed E-state index contributed by atoms with van der Waals surface area (Å²) >= 11 is 0. The van der Waals surface area contributed by atoms with Gasteiger partial charge in [-0.25, -0.2) is 19.4 Å². The third-order valence-electron chi connectivity index (χ3n) is 8.01. The summed E-state index contributed by atoms with van der Waals surface area (Å²) < 4.78 is 46.0. The van der Waals surface area contributed by atoms with Crippen LogP contribution >= 0.6 is 7.75 Å². The number of morpholine rings is 1. The first-order valence-corrected chi connectivity index (χ1v) is 16.3. The molecule has 3 aromatic heterocycles. The lowest BCUT2D eigenvalue weighted by Gasteiger charge is -2.29. The number of aromatic nitrogens is 6. The number of imidazole rings is 1. The summed E-state index contributed by atoms with van der Waals surface area (Å²) in [7, 11) is -4.14. The summed E-state index contributed by atoms with van der Waals surface area (Å²) in [5.41, 5.74) is 10.4. The van der Waals surface area contributed by atoms with Crippen molar-refractivity contribution in [2.75, 3.05) is 64.1 Å². The second-order valence-corrected chi connectivity index (χ2v) is 12.9. The van der Waals surface area contributed by atoms with Crippen LogP contribution in [0.5, 0.6) is 0 Å². The molecule has 6 rings (SSSR count). The number of hydrogen-bond acceptors (Lipinski definition) is 16. The van der Waals surface area contributed by atoms with Crippen LogP contribution < -0.4 is 27.8 Å². The normalized spacial score (nSPS) is 28.6. The summed E-state index contributed by atoms with van der Waals surface area (Å²) in [5, 5.41) is 23.7. The van der Waals surface area contributed by atoms with Crippen molar-refractivity contribution < 1.29 is 38.0 Å². The van der Waals surface area contributed by atoms with E-state index >= 15 is 0 Å². The van der Waals surface area contributed by atoms with Crippen molar-refractivity contribution >= 4 is 30.7 Å². The first kappa shape index (κ1) is 32.6. The van der Waals surface area contributed by atoms with Gasteiger partial charge in [0, 0.05) is 45.2 Å². The van der Waals surface area contributed by atoms with E-state index in [1.165, 1.54) is 27.7 Å². The van der Waals surface area contributed by atoms with Gasteiger partial charge in [-0.3, -0.25) is 32.9 Å². The number of hydrogen-bond donors (Lipinski definition) is 6. The summed E-state index contributed by atoms with van der Waals surface area (Å²) in [5.74, 6) is -0.0577. The van der Waals surface area contributed by atoms with Gasteiger partial charge in [0.1, 0.15) is 36.6 Å². The molecule has 0 amide bonds. The highest BCUT2D eigenvalue weighted by Gasteiger charge is 2.44. The molecule has 0 aliphatic carbocycles. The van der Waals surface area contributed by atoms with Crippen LogP contribution in [-0.4, -0.2) is 121 Å². The van der Waals surface area contributed by atoms with Crippen LogP contribution in [0.4, 0.5) is 11.8 Å². The zero-order valence-corrected chi connectivity index (χ0v) is 25.6. The third kappa shape index (κ3) is 7.15. The Bertz CT molecular complexity index is 1680. The van der Waals surface area contributed by atoms with Gasteiger partial charge in [0.05, 0.1) is 38.9 Å². The topological polar surface area (TPSA) is 269 Å². The molecule has 6 heterocycles. The van der Waals surface area contributed by atoms with Crippen LogP contribution in [0.2, 0.25) is 0 Å².